The van der Waals surface area contributed by atoms with Crippen molar-refractivity contribution < 1.29 is 4.21 Å². The van der Waals surface area contributed by atoms with Crippen LogP contribution in [0.4, 0.5) is 0 Å². The summed E-state index contributed by atoms with van der Waals surface area (Å²) >= 11 is 1.61. The third kappa shape index (κ3) is 2.39. The van der Waals surface area contributed by atoms with Gasteiger partial charge >= 0.3 is 0 Å². The number of thiophene rings is 1. The van der Waals surface area contributed by atoms with Crippen LogP contribution in [0.15, 0.2) is 21.7 Å². The molecule has 1 fully saturated rings. The molecule has 1 aromatic rings. The molecule has 1 saturated carbocycles. The predicted octanol–water partition coefficient (Wildman–Crippen LogP) is 2.63. The topological polar surface area (TPSA) is 29.1 Å². The summed E-state index contributed by atoms with van der Waals surface area (Å²) in [7, 11) is -0.803. The van der Waals surface area contributed by atoms with Crippen molar-refractivity contribution in [3.63, 3.8) is 0 Å². The molecule has 0 bridgehead atoms. The summed E-state index contributed by atoms with van der Waals surface area (Å²) in [4.78, 5) is 0. The second-order valence-electron chi connectivity index (χ2n) is 4.37. The minimum atomic E-state index is -0.803. The molecule has 1 N–H and O–H groups in total. The van der Waals surface area contributed by atoms with Crippen molar-refractivity contribution in [2.24, 2.45) is 5.92 Å². The maximum Gasteiger partial charge on any atom is 0.0913 e. The number of hydrogen-bond acceptors (Lipinski definition) is 3. The van der Waals surface area contributed by atoms with E-state index in [-0.39, 0.29) is 0 Å². The van der Waals surface area contributed by atoms with E-state index in [9.17, 15) is 4.21 Å². The van der Waals surface area contributed by atoms with Crippen molar-refractivity contribution in [3.8, 4) is 0 Å². The molecule has 4 unspecified atom stereocenters. The Labute approximate surface area is 104 Å². The zero-order valence-electron chi connectivity index (χ0n) is 9.81. The van der Waals surface area contributed by atoms with Gasteiger partial charge in [-0.05, 0) is 36.8 Å². The maximum absolute atomic E-state index is 12.4. The Morgan fingerprint density at radius 1 is 1.56 bits per heavy atom. The Kier molecular flexibility index (Phi) is 4.16. The lowest BCUT2D eigenvalue weighted by atomic mass is 10.1. The second kappa shape index (κ2) is 5.43. The Morgan fingerprint density at radius 3 is 3.00 bits per heavy atom. The summed E-state index contributed by atoms with van der Waals surface area (Å²) in [6.07, 6.45) is 2.25. The fourth-order valence-corrected chi connectivity index (χ4v) is 5.31. The van der Waals surface area contributed by atoms with E-state index < -0.39 is 10.8 Å². The molecule has 4 atom stereocenters. The first-order valence-corrected chi connectivity index (χ1v) is 8.00. The normalized spacial score (nSPS) is 31.8. The van der Waals surface area contributed by atoms with Gasteiger partial charge in [0.15, 0.2) is 0 Å². The van der Waals surface area contributed by atoms with E-state index in [0.29, 0.717) is 17.2 Å². The molecule has 16 heavy (non-hydrogen) atoms. The lowest BCUT2D eigenvalue weighted by molar-refractivity contribution is 0.439. The molecule has 1 aliphatic rings. The molecular formula is C12H19NOS2. The first kappa shape index (κ1) is 12.3. The van der Waals surface area contributed by atoms with Gasteiger partial charge in [0.25, 0.3) is 0 Å². The molecule has 2 nitrogen and oxygen atoms in total. The van der Waals surface area contributed by atoms with E-state index in [1.54, 1.807) is 11.3 Å². The second-order valence-corrected chi connectivity index (χ2v) is 7.21. The molecule has 0 aliphatic heterocycles. The summed E-state index contributed by atoms with van der Waals surface area (Å²) in [5.74, 6) is 0.517. The van der Waals surface area contributed by atoms with E-state index in [1.807, 2.05) is 17.5 Å². The van der Waals surface area contributed by atoms with E-state index in [2.05, 4.69) is 19.2 Å². The Hall–Kier alpha value is -0.190. The molecule has 0 radical (unpaired) electrons. The highest BCUT2D eigenvalue weighted by Gasteiger charge is 2.36. The highest BCUT2D eigenvalue weighted by molar-refractivity contribution is 7.87. The zero-order valence-corrected chi connectivity index (χ0v) is 11.4. The average Bonchev–Trinajstić information content (AvgIpc) is 2.89. The summed E-state index contributed by atoms with van der Waals surface area (Å²) in [6.45, 7) is 5.38. The van der Waals surface area contributed by atoms with Gasteiger partial charge in [0, 0.05) is 11.3 Å². The van der Waals surface area contributed by atoms with Gasteiger partial charge in [-0.1, -0.05) is 19.9 Å². The quantitative estimate of drug-likeness (QED) is 0.898. The van der Waals surface area contributed by atoms with Gasteiger partial charge in [-0.3, -0.25) is 4.21 Å². The Morgan fingerprint density at radius 2 is 2.38 bits per heavy atom. The number of rotatable bonds is 4. The molecule has 1 heterocycles. The standard InChI is InChI=1S/C12H19NOS2/c1-3-13-10-6-7-11(9(10)2)16(14)12-5-4-8-15-12/h4-5,8-11,13H,3,6-7H2,1-2H3. The Bertz CT molecular complexity index is 350. The van der Waals surface area contributed by atoms with Crippen LogP contribution in [0.2, 0.25) is 0 Å². The van der Waals surface area contributed by atoms with Crippen LogP contribution in [0.5, 0.6) is 0 Å². The predicted molar refractivity (Wildman–Crippen MR) is 70.4 cm³/mol. The first-order valence-electron chi connectivity index (χ1n) is 5.91. The monoisotopic (exact) mass is 257 g/mol. The van der Waals surface area contributed by atoms with E-state index >= 15 is 0 Å². The molecule has 0 amide bonds. The number of hydrogen-bond donors (Lipinski definition) is 1. The average molecular weight is 257 g/mol. The van der Waals surface area contributed by atoms with Gasteiger partial charge < -0.3 is 5.32 Å². The molecule has 0 aromatic carbocycles. The van der Waals surface area contributed by atoms with E-state index in [0.717, 1.165) is 23.6 Å². The third-order valence-corrected chi connectivity index (χ3v) is 6.61. The van der Waals surface area contributed by atoms with Crippen molar-refractivity contribution in [1.29, 1.82) is 0 Å². The molecule has 1 aliphatic carbocycles. The van der Waals surface area contributed by atoms with Crippen LogP contribution in [0, 0.1) is 5.92 Å². The van der Waals surface area contributed by atoms with E-state index in [4.69, 9.17) is 0 Å². The first-order chi connectivity index (χ1) is 7.74. The van der Waals surface area contributed by atoms with Crippen molar-refractivity contribution in [2.75, 3.05) is 6.54 Å². The van der Waals surface area contributed by atoms with Crippen LogP contribution in [0.25, 0.3) is 0 Å². The van der Waals surface area contributed by atoms with Gasteiger partial charge in [0.1, 0.15) is 0 Å². The van der Waals surface area contributed by atoms with Crippen LogP contribution in [0.1, 0.15) is 26.7 Å². The Balaban J connectivity index is 2.04. The lowest BCUT2D eigenvalue weighted by Crippen LogP contribution is -2.34. The fraction of sp³-hybridized carbons (Fsp3) is 0.667. The van der Waals surface area contributed by atoms with Crippen molar-refractivity contribution in [2.45, 2.75) is 42.2 Å². The SMILES string of the molecule is CCNC1CCC(S(=O)c2cccs2)C1C. The molecule has 0 spiro atoms. The van der Waals surface area contributed by atoms with Crippen LogP contribution < -0.4 is 5.32 Å². The number of nitrogens with one attached hydrogen (secondary N) is 1. The van der Waals surface area contributed by atoms with Gasteiger partial charge in [-0.25, -0.2) is 0 Å². The van der Waals surface area contributed by atoms with Crippen LogP contribution >= 0.6 is 11.3 Å². The summed E-state index contributed by atoms with van der Waals surface area (Å²) in [6, 6.07) is 4.53. The molecule has 90 valence electrons. The largest absolute Gasteiger partial charge is 0.314 e. The highest BCUT2D eigenvalue weighted by Crippen LogP contribution is 2.33. The smallest absolute Gasteiger partial charge is 0.0913 e. The minimum absolute atomic E-state index is 0.336. The molecule has 2 rings (SSSR count). The molecular weight excluding hydrogens is 238 g/mol. The summed E-state index contributed by atoms with van der Waals surface area (Å²) in [5.41, 5.74) is 0. The third-order valence-electron chi connectivity index (χ3n) is 3.42. The van der Waals surface area contributed by atoms with Crippen molar-refractivity contribution in [1.82, 2.24) is 5.32 Å². The van der Waals surface area contributed by atoms with Crippen molar-refractivity contribution >= 4 is 22.1 Å². The fourth-order valence-electron chi connectivity index (χ4n) is 2.51. The lowest BCUT2D eigenvalue weighted by Gasteiger charge is -2.20. The van der Waals surface area contributed by atoms with Crippen molar-refractivity contribution in [3.05, 3.63) is 17.5 Å². The molecule has 4 heteroatoms. The summed E-state index contributed by atoms with van der Waals surface area (Å²) < 4.78 is 13.4. The van der Waals surface area contributed by atoms with Gasteiger partial charge in [0.2, 0.25) is 0 Å². The zero-order chi connectivity index (χ0) is 11.5. The van der Waals surface area contributed by atoms with Crippen LogP contribution in [0.3, 0.4) is 0 Å². The van der Waals surface area contributed by atoms with Gasteiger partial charge in [0.05, 0.1) is 15.0 Å². The van der Waals surface area contributed by atoms with Gasteiger partial charge in [-0.2, -0.15) is 0 Å². The van der Waals surface area contributed by atoms with Gasteiger partial charge in [-0.15, -0.1) is 11.3 Å². The summed E-state index contributed by atoms with van der Waals surface area (Å²) in [5, 5.41) is 5.84. The highest BCUT2D eigenvalue weighted by atomic mass is 32.2. The maximum atomic E-state index is 12.4. The van der Waals surface area contributed by atoms with E-state index in [1.165, 1.54) is 0 Å². The molecule has 1 aromatic heterocycles. The van der Waals surface area contributed by atoms with Crippen LogP contribution in [-0.2, 0) is 10.8 Å². The van der Waals surface area contributed by atoms with Crippen LogP contribution in [-0.4, -0.2) is 22.0 Å². The molecule has 0 saturated heterocycles. The minimum Gasteiger partial charge on any atom is -0.314 e.